The maximum Gasteiger partial charge on any atom is 0.449 e. The first-order valence-electron chi connectivity index (χ1n) is 4.96. The Morgan fingerprint density at radius 1 is 1.39 bits per heavy atom. The highest BCUT2D eigenvalue weighted by atomic mass is 19.4. The average molecular weight is 265 g/mol. The summed E-state index contributed by atoms with van der Waals surface area (Å²) >= 11 is 0. The molecule has 1 rings (SSSR count). The van der Waals surface area contributed by atoms with Crippen LogP contribution in [-0.4, -0.2) is 23.5 Å². The van der Waals surface area contributed by atoms with Crippen molar-refractivity contribution >= 4 is 11.9 Å². The monoisotopic (exact) mass is 265 g/mol. The van der Waals surface area contributed by atoms with E-state index in [1.165, 1.54) is 0 Å². The second-order valence-electron chi connectivity index (χ2n) is 3.45. The Labute approximate surface area is 99.6 Å². The quantitative estimate of drug-likeness (QED) is 0.797. The van der Waals surface area contributed by atoms with Crippen molar-refractivity contribution < 1.29 is 32.3 Å². The third-order valence-electron chi connectivity index (χ3n) is 1.99. The first-order chi connectivity index (χ1) is 8.30. The third kappa shape index (κ3) is 4.11. The van der Waals surface area contributed by atoms with Crippen molar-refractivity contribution in [1.29, 1.82) is 0 Å². The zero-order chi connectivity index (χ0) is 13.8. The Morgan fingerprint density at radius 2 is 2.06 bits per heavy atom. The SMILES string of the molecule is O=C(O)CCCNC(=O)c1coc(C(F)(F)F)c1. The Morgan fingerprint density at radius 3 is 2.56 bits per heavy atom. The maximum absolute atomic E-state index is 12.2. The maximum atomic E-state index is 12.2. The Bertz CT molecular complexity index is 439. The van der Waals surface area contributed by atoms with E-state index in [1.807, 2.05) is 0 Å². The summed E-state index contributed by atoms with van der Waals surface area (Å²) in [5, 5.41) is 10.6. The first kappa shape index (κ1) is 14.1. The minimum Gasteiger partial charge on any atom is -0.481 e. The number of alkyl halides is 3. The Hall–Kier alpha value is -1.99. The van der Waals surface area contributed by atoms with Crippen LogP contribution in [-0.2, 0) is 11.0 Å². The zero-order valence-corrected chi connectivity index (χ0v) is 9.08. The molecule has 1 aromatic rings. The molecule has 1 amide bonds. The minimum absolute atomic E-state index is 0.0671. The topological polar surface area (TPSA) is 79.5 Å². The molecule has 0 aliphatic carbocycles. The summed E-state index contributed by atoms with van der Waals surface area (Å²) in [6, 6.07) is 0.590. The van der Waals surface area contributed by atoms with Crippen LogP contribution in [0.4, 0.5) is 13.2 Å². The molecule has 1 heterocycles. The zero-order valence-electron chi connectivity index (χ0n) is 9.08. The summed E-state index contributed by atoms with van der Waals surface area (Å²) in [6.45, 7) is 0.0671. The van der Waals surface area contributed by atoms with E-state index < -0.39 is 23.8 Å². The number of carboxylic acids is 1. The van der Waals surface area contributed by atoms with Crippen LogP contribution in [0.2, 0.25) is 0 Å². The normalized spacial score (nSPS) is 11.3. The fourth-order valence-electron chi connectivity index (χ4n) is 1.15. The van der Waals surface area contributed by atoms with Gasteiger partial charge in [-0.3, -0.25) is 9.59 Å². The Balaban J connectivity index is 2.47. The number of carboxylic acid groups (broad SMARTS) is 1. The fourth-order valence-corrected chi connectivity index (χ4v) is 1.15. The predicted octanol–water partition coefficient (Wildman–Crippen LogP) is 1.89. The highest BCUT2D eigenvalue weighted by Gasteiger charge is 2.35. The number of nitrogens with one attached hydrogen (secondary N) is 1. The summed E-state index contributed by atoms with van der Waals surface area (Å²) in [6.07, 6.45) is -3.86. The van der Waals surface area contributed by atoms with E-state index in [-0.39, 0.29) is 24.9 Å². The van der Waals surface area contributed by atoms with Crippen molar-refractivity contribution in [2.75, 3.05) is 6.54 Å². The lowest BCUT2D eigenvalue weighted by atomic mass is 10.2. The number of amides is 1. The van der Waals surface area contributed by atoms with Crippen LogP contribution in [0.25, 0.3) is 0 Å². The molecule has 0 fully saturated rings. The first-order valence-corrected chi connectivity index (χ1v) is 4.96. The van der Waals surface area contributed by atoms with Crippen molar-refractivity contribution in [3.63, 3.8) is 0 Å². The van der Waals surface area contributed by atoms with Gasteiger partial charge in [-0.05, 0) is 6.42 Å². The van der Waals surface area contributed by atoms with E-state index >= 15 is 0 Å². The number of carbonyl (C=O) groups excluding carboxylic acids is 1. The summed E-state index contributed by atoms with van der Waals surface area (Å²) in [5.41, 5.74) is -0.252. The molecule has 0 saturated heterocycles. The fraction of sp³-hybridized carbons (Fsp3) is 0.400. The van der Waals surface area contributed by atoms with Gasteiger partial charge in [0, 0.05) is 19.0 Å². The molecule has 0 aliphatic heterocycles. The molecule has 100 valence electrons. The molecule has 18 heavy (non-hydrogen) atoms. The van der Waals surface area contributed by atoms with E-state index in [9.17, 15) is 22.8 Å². The summed E-state index contributed by atoms with van der Waals surface area (Å²) in [4.78, 5) is 21.5. The van der Waals surface area contributed by atoms with Gasteiger partial charge in [0.25, 0.3) is 5.91 Å². The molecular weight excluding hydrogens is 255 g/mol. The summed E-state index contributed by atoms with van der Waals surface area (Å²) in [5.74, 6) is -3.00. The third-order valence-corrected chi connectivity index (χ3v) is 1.99. The van der Waals surface area contributed by atoms with Crippen molar-refractivity contribution in [2.24, 2.45) is 0 Å². The lowest BCUT2D eigenvalue weighted by Gasteiger charge is -2.01. The number of furan rings is 1. The van der Waals surface area contributed by atoms with Crippen LogP contribution < -0.4 is 5.32 Å². The highest BCUT2D eigenvalue weighted by molar-refractivity contribution is 5.93. The number of aliphatic carboxylic acids is 1. The molecule has 1 aromatic heterocycles. The smallest absolute Gasteiger partial charge is 0.449 e. The van der Waals surface area contributed by atoms with Crippen LogP contribution in [0.3, 0.4) is 0 Å². The van der Waals surface area contributed by atoms with Gasteiger partial charge in [0.15, 0.2) is 0 Å². The molecule has 0 spiro atoms. The van der Waals surface area contributed by atoms with Crippen LogP contribution in [0.15, 0.2) is 16.7 Å². The van der Waals surface area contributed by atoms with E-state index in [2.05, 4.69) is 9.73 Å². The van der Waals surface area contributed by atoms with Crippen molar-refractivity contribution in [1.82, 2.24) is 5.32 Å². The van der Waals surface area contributed by atoms with Gasteiger partial charge >= 0.3 is 12.1 Å². The molecule has 0 aliphatic rings. The number of rotatable bonds is 5. The van der Waals surface area contributed by atoms with Gasteiger partial charge in [-0.2, -0.15) is 13.2 Å². The van der Waals surface area contributed by atoms with Gasteiger partial charge in [0.1, 0.15) is 6.26 Å². The van der Waals surface area contributed by atoms with Crippen molar-refractivity contribution in [3.8, 4) is 0 Å². The van der Waals surface area contributed by atoms with Gasteiger partial charge in [0.2, 0.25) is 5.76 Å². The van der Waals surface area contributed by atoms with Crippen LogP contribution in [0.1, 0.15) is 29.0 Å². The highest BCUT2D eigenvalue weighted by Crippen LogP contribution is 2.30. The minimum atomic E-state index is -4.64. The van der Waals surface area contributed by atoms with E-state index in [1.54, 1.807) is 0 Å². The lowest BCUT2D eigenvalue weighted by molar-refractivity contribution is -0.153. The van der Waals surface area contributed by atoms with Crippen molar-refractivity contribution in [2.45, 2.75) is 19.0 Å². The second kappa shape index (κ2) is 5.56. The lowest BCUT2D eigenvalue weighted by Crippen LogP contribution is -2.24. The molecule has 0 bridgehead atoms. The van der Waals surface area contributed by atoms with E-state index in [0.717, 1.165) is 0 Å². The number of hydrogen-bond donors (Lipinski definition) is 2. The van der Waals surface area contributed by atoms with Gasteiger partial charge in [0.05, 0.1) is 5.56 Å². The standard InChI is InChI=1S/C10H10F3NO4/c11-10(12,13)7-4-6(5-18-7)9(17)14-3-1-2-8(15)16/h4-5H,1-3H2,(H,14,17)(H,15,16). The Kier molecular flexibility index (Phi) is 4.35. The predicted molar refractivity (Wildman–Crippen MR) is 52.9 cm³/mol. The number of halogens is 3. The molecule has 0 unspecified atom stereocenters. The number of hydrogen-bond acceptors (Lipinski definition) is 3. The summed E-state index contributed by atoms with van der Waals surface area (Å²) in [7, 11) is 0. The van der Waals surface area contributed by atoms with E-state index in [4.69, 9.17) is 5.11 Å². The molecule has 0 atom stereocenters. The van der Waals surface area contributed by atoms with Crippen molar-refractivity contribution in [3.05, 3.63) is 23.7 Å². The van der Waals surface area contributed by atoms with Gasteiger partial charge in [-0.25, -0.2) is 0 Å². The summed E-state index contributed by atoms with van der Waals surface area (Å²) < 4.78 is 40.7. The largest absolute Gasteiger partial charge is 0.481 e. The number of carbonyl (C=O) groups is 2. The van der Waals surface area contributed by atoms with Crippen LogP contribution >= 0.6 is 0 Å². The molecule has 0 aromatic carbocycles. The molecule has 0 saturated carbocycles. The second-order valence-corrected chi connectivity index (χ2v) is 3.45. The van der Waals surface area contributed by atoms with Crippen LogP contribution in [0, 0.1) is 0 Å². The van der Waals surface area contributed by atoms with Gasteiger partial charge in [-0.15, -0.1) is 0 Å². The molecule has 2 N–H and O–H groups in total. The molecular formula is C10H10F3NO4. The van der Waals surface area contributed by atoms with Crippen LogP contribution in [0.5, 0.6) is 0 Å². The van der Waals surface area contributed by atoms with E-state index in [0.29, 0.717) is 12.3 Å². The van der Waals surface area contributed by atoms with Gasteiger partial charge < -0.3 is 14.8 Å². The molecule has 8 heteroatoms. The molecule has 5 nitrogen and oxygen atoms in total. The average Bonchev–Trinajstić information content (AvgIpc) is 2.72. The van der Waals surface area contributed by atoms with Gasteiger partial charge in [-0.1, -0.05) is 0 Å². The molecule has 0 radical (unpaired) electrons.